The molecule has 7 nitrogen and oxygen atoms in total. The molecule has 1 atom stereocenters. The van der Waals surface area contributed by atoms with Crippen LogP contribution in [0.1, 0.15) is 48.7 Å². The zero-order chi connectivity index (χ0) is 18.2. The molecule has 0 saturated heterocycles. The number of ether oxygens (including phenoxy) is 1. The first-order valence-electron chi connectivity index (χ1n) is 8.64. The van der Waals surface area contributed by atoms with Crippen LogP contribution in [0, 0.1) is 0 Å². The molecular formula is C18H26N4O3. The number of nitrogens with zero attached hydrogens (tertiary/aromatic N) is 2. The number of amides is 1. The lowest BCUT2D eigenvalue weighted by Crippen LogP contribution is -2.42. The van der Waals surface area contributed by atoms with E-state index in [-0.39, 0.29) is 5.91 Å². The van der Waals surface area contributed by atoms with E-state index in [0.717, 1.165) is 12.8 Å². The number of nitrogens with one attached hydrogen (secondary N) is 1. The van der Waals surface area contributed by atoms with Crippen molar-refractivity contribution < 1.29 is 14.3 Å². The van der Waals surface area contributed by atoms with E-state index >= 15 is 0 Å². The third kappa shape index (κ3) is 5.29. The van der Waals surface area contributed by atoms with Crippen molar-refractivity contribution in [1.29, 1.82) is 0 Å². The second kappa shape index (κ2) is 9.17. The van der Waals surface area contributed by atoms with Crippen LogP contribution in [-0.4, -0.2) is 41.0 Å². The first kappa shape index (κ1) is 18.9. The molecule has 1 amide bonds. The van der Waals surface area contributed by atoms with Gasteiger partial charge in [0.15, 0.2) is 0 Å². The van der Waals surface area contributed by atoms with Crippen LogP contribution in [0.2, 0.25) is 0 Å². The fraction of sp³-hybridized carbons (Fsp3) is 0.500. The second-order valence-electron chi connectivity index (χ2n) is 6.07. The van der Waals surface area contributed by atoms with Gasteiger partial charge in [0.2, 0.25) is 5.91 Å². The topological polar surface area (TPSA) is 98.7 Å². The summed E-state index contributed by atoms with van der Waals surface area (Å²) in [4.78, 5) is 28.0. The Bertz CT molecular complexity index is 726. The number of pyridine rings is 1. The van der Waals surface area contributed by atoms with E-state index in [1.165, 1.54) is 20.0 Å². The zero-order valence-corrected chi connectivity index (χ0v) is 14.8. The van der Waals surface area contributed by atoms with E-state index in [4.69, 9.17) is 10.5 Å². The number of hydrogen-bond acceptors (Lipinski definition) is 5. The number of nitrogens with two attached hydrogens (primary N) is 1. The van der Waals surface area contributed by atoms with E-state index in [2.05, 4.69) is 17.2 Å². The van der Waals surface area contributed by atoms with Crippen LogP contribution < -0.4 is 11.1 Å². The van der Waals surface area contributed by atoms with E-state index in [1.54, 1.807) is 22.7 Å². The number of rotatable bonds is 9. The number of esters is 1. The molecule has 0 aliphatic heterocycles. The van der Waals surface area contributed by atoms with Crippen LogP contribution in [0.25, 0.3) is 5.65 Å². The average Bonchev–Trinajstić information content (AvgIpc) is 3.01. The number of unbranched alkanes of at least 4 members (excludes halogenated alkanes) is 3. The van der Waals surface area contributed by atoms with E-state index in [1.807, 2.05) is 6.20 Å². The molecule has 3 N–H and O–H groups in total. The van der Waals surface area contributed by atoms with E-state index in [0.29, 0.717) is 29.9 Å². The van der Waals surface area contributed by atoms with Gasteiger partial charge in [-0.05, 0) is 18.6 Å². The molecule has 0 aromatic carbocycles. The van der Waals surface area contributed by atoms with Crippen LogP contribution in [0.5, 0.6) is 0 Å². The zero-order valence-electron chi connectivity index (χ0n) is 14.8. The number of aromatic nitrogens is 2. The fourth-order valence-electron chi connectivity index (χ4n) is 2.59. The Kier molecular flexibility index (Phi) is 6.94. The number of carbonyl (C=O) groups is 2. The molecule has 7 heteroatoms. The van der Waals surface area contributed by atoms with Crippen molar-refractivity contribution in [2.75, 3.05) is 13.7 Å². The molecule has 2 rings (SSSR count). The SMILES string of the molecule is CCCCCCNC(=O)[C@@H](N)Cc1cn2ccc(C(=O)OC)cc2n1. The standard InChI is InChI=1S/C18H26N4O3/c1-3-4-5-6-8-20-17(23)15(19)11-14-12-22-9-7-13(18(24)25-2)10-16(22)21-14/h7,9-10,12,15H,3-6,8,11,19H2,1-2H3,(H,20,23)/t15-/m0/s1. The number of hydrogen-bond donors (Lipinski definition) is 2. The van der Waals surface area contributed by atoms with Crippen molar-refractivity contribution in [3.63, 3.8) is 0 Å². The maximum Gasteiger partial charge on any atom is 0.338 e. The minimum absolute atomic E-state index is 0.163. The minimum atomic E-state index is -0.642. The van der Waals surface area contributed by atoms with Gasteiger partial charge < -0.3 is 20.2 Å². The Labute approximate surface area is 147 Å². The lowest BCUT2D eigenvalue weighted by atomic mass is 10.1. The predicted octanol–water partition coefficient (Wildman–Crippen LogP) is 1.69. The largest absolute Gasteiger partial charge is 0.465 e. The van der Waals surface area contributed by atoms with Gasteiger partial charge in [0.25, 0.3) is 0 Å². The average molecular weight is 346 g/mol. The molecule has 0 aliphatic carbocycles. The van der Waals surface area contributed by atoms with E-state index < -0.39 is 12.0 Å². The summed E-state index contributed by atoms with van der Waals surface area (Å²) in [5, 5.41) is 2.87. The second-order valence-corrected chi connectivity index (χ2v) is 6.07. The van der Waals surface area contributed by atoms with Crippen molar-refractivity contribution in [1.82, 2.24) is 14.7 Å². The fourth-order valence-corrected chi connectivity index (χ4v) is 2.59. The molecule has 0 radical (unpaired) electrons. The molecule has 2 heterocycles. The monoisotopic (exact) mass is 346 g/mol. The van der Waals surface area contributed by atoms with E-state index in [9.17, 15) is 9.59 Å². The summed E-state index contributed by atoms with van der Waals surface area (Å²) in [6, 6.07) is 2.66. The van der Waals surface area contributed by atoms with Gasteiger partial charge in [-0.2, -0.15) is 0 Å². The molecule has 0 unspecified atom stereocenters. The van der Waals surface area contributed by atoms with Crippen LogP contribution in [0.4, 0.5) is 0 Å². The lowest BCUT2D eigenvalue weighted by Gasteiger charge is -2.10. The third-order valence-corrected chi connectivity index (χ3v) is 4.03. The van der Waals surface area contributed by atoms with Crippen molar-refractivity contribution in [3.8, 4) is 0 Å². The molecule has 136 valence electrons. The van der Waals surface area contributed by atoms with Crippen molar-refractivity contribution >= 4 is 17.5 Å². The highest BCUT2D eigenvalue weighted by molar-refractivity contribution is 5.90. The maximum absolute atomic E-state index is 12.0. The van der Waals surface area contributed by atoms with Gasteiger partial charge in [0.1, 0.15) is 5.65 Å². The summed E-state index contributed by atoms with van der Waals surface area (Å²) in [6.45, 7) is 2.80. The minimum Gasteiger partial charge on any atom is -0.465 e. The Balaban J connectivity index is 1.92. The molecule has 25 heavy (non-hydrogen) atoms. The molecule has 0 bridgehead atoms. The van der Waals surface area contributed by atoms with Gasteiger partial charge in [0, 0.05) is 25.4 Å². The molecule has 0 spiro atoms. The van der Waals surface area contributed by atoms with Gasteiger partial charge in [0.05, 0.1) is 24.4 Å². The summed E-state index contributed by atoms with van der Waals surface area (Å²) in [5.74, 6) is -0.574. The first-order chi connectivity index (χ1) is 12.0. The van der Waals surface area contributed by atoms with Crippen molar-refractivity contribution in [2.24, 2.45) is 5.73 Å². The summed E-state index contributed by atoms with van der Waals surface area (Å²) in [6.07, 6.45) is 8.31. The Morgan fingerprint density at radius 3 is 2.88 bits per heavy atom. The number of fused-ring (bicyclic) bond motifs is 1. The van der Waals surface area contributed by atoms with Crippen molar-refractivity contribution in [3.05, 3.63) is 35.8 Å². The summed E-state index contributed by atoms with van der Waals surface area (Å²) >= 11 is 0. The molecule has 0 saturated carbocycles. The van der Waals surface area contributed by atoms with Gasteiger partial charge in [-0.15, -0.1) is 0 Å². The molecule has 2 aromatic rings. The molecular weight excluding hydrogens is 320 g/mol. The summed E-state index contributed by atoms with van der Waals surface area (Å²) < 4.78 is 6.49. The predicted molar refractivity (Wildman–Crippen MR) is 95.4 cm³/mol. The highest BCUT2D eigenvalue weighted by atomic mass is 16.5. The maximum atomic E-state index is 12.0. The Hall–Kier alpha value is -2.41. The molecule has 2 aromatic heterocycles. The van der Waals surface area contributed by atoms with Crippen LogP contribution in [0.3, 0.4) is 0 Å². The smallest absolute Gasteiger partial charge is 0.338 e. The van der Waals surface area contributed by atoms with Gasteiger partial charge in [-0.3, -0.25) is 4.79 Å². The number of imidazole rings is 1. The van der Waals surface area contributed by atoms with Gasteiger partial charge in [-0.25, -0.2) is 9.78 Å². The molecule has 0 fully saturated rings. The van der Waals surface area contributed by atoms with Crippen LogP contribution in [0.15, 0.2) is 24.5 Å². The third-order valence-electron chi connectivity index (χ3n) is 4.03. The highest BCUT2D eigenvalue weighted by Gasteiger charge is 2.16. The summed E-state index contributed by atoms with van der Waals surface area (Å²) in [5.41, 5.74) is 7.73. The van der Waals surface area contributed by atoms with Crippen LogP contribution >= 0.6 is 0 Å². The normalized spacial score (nSPS) is 12.1. The molecule has 0 aliphatic rings. The number of carbonyl (C=O) groups excluding carboxylic acids is 2. The van der Waals surface area contributed by atoms with Gasteiger partial charge >= 0.3 is 5.97 Å². The van der Waals surface area contributed by atoms with Gasteiger partial charge in [-0.1, -0.05) is 26.2 Å². The van der Waals surface area contributed by atoms with Crippen LogP contribution in [-0.2, 0) is 16.0 Å². The Morgan fingerprint density at radius 2 is 2.16 bits per heavy atom. The first-order valence-corrected chi connectivity index (χ1v) is 8.64. The summed E-state index contributed by atoms with van der Waals surface area (Å²) in [7, 11) is 1.34. The number of methoxy groups -OCH3 is 1. The Morgan fingerprint density at radius 1 is 1.36 bits per heavy atom. The van der Waals surface area contributed by atoms with Crippen molar-refractivity contribution in [2.45, 2.75) is 45.1 Å². The highest BCUT2D eigenvalue weighted by Crippen LogP contribution is 2.10. The lowest BCUT2D eigenvalue weighted by molar-refractivity contribution is -0.122. The quantitative estimate of drug-likeness (QED) is 0.532.